The Kier molecular flexibility index (Phi) is 5.36. The number of nitrogens with zero attached hydrogens (tertiary/aromatic N) is 1. The maximum atomic E-state index is 12.2. The average Bonchev–Trinajstić information content (AvgIpc) is 2.81. The summed E-state index contributed by atoms with van der Waals surface area (Å²) in [5, 5.41) is 12.1. The van der Waals surface area contributed by atoms with E-state index < -0.39 is 12.0 Å². The van der Waals surface area contributed by atoms with Crippen LogP contribution in [0.15, 0.2) is 0 Å². The average molecular weight is 286 g/mol. The van der Waals surface area contributed by atoms with Crippen LogP contribution < -0.4 is 5.32 Å². The lowest BCUT2D eigenvalue weighted by atomic mass is 9.97. The SMILES string of the molecule is O=C(O)[C@@H]1CSCN1C(=O)NC1CCCCCCC1. The summed E-state index contributed by atoms with van der Waals surface area (Å²) in [7, 11) is 0. The molecule has 2 amide bonds. The lowest BCUT2D eigenvalue weighted by Crippen LogP contribution is -2.49. The van der Waals surface area contributed by atoms with Gasteiger partial charge >= 0.3 is 12.0 Å². The summed E-state index contributed by atoms with van der Waals surface area (Å²) in [5.41, 5.74) is 0. The topological polar surface area (TPSA) is 69.6 Å². The Morgan fingerprint density at radius 3 is 2.37 bits per heavy atom. The van der Waals surface area contributed by atoms with E-state index in [1.807, 2.05) is 0 Å². The van der Waals surface area contributed by atoms with Gasteiger partial charge in [-0.3, -0.25) is 0 Å². The van der Waals surface area contributed by atoms with Gasteiger partial charge in [-0.15, -0.1) is 11.8 Å². The van der Waals surface area contributed by atoms with E-state index in [1.165, 1.54) is 35.9 Å². The summed E-state index contributed by atoms with van der Waals surface area (Å²) in [6, 6.07) is -0.658. The van der Waals surface area contributed by atoms with Crippen molar-refractivity contribution in [3.8, 4) is 0 Å². The Morgan fingerprint density at radius 1 is 1.11 bits per heavy atom. The molecule has 2 aliphatic rings. The molecule has 0 aromatic heterocycles. The van der Waals surface area contributed by atoms with Crippen LogP contribution in [0.5, 0.6) is 0 Å². The molecule has 0 aromatic carbocycles. The Bertz CT molecular complexity index is 330. The van der Waals surface area contributed by atoms with Gasteiger partial charge in [-0.2, -0.15) is 0 Å². The van der Waals surface area contributed by atoms with Gasteiger partial charge in [0, 0.05) is 11.8 Å². The summed E-state index contributed by atoms with van der Waals surface area (Å²) in [6.07, 6.45) is 8.12. The van der Waals surface area contributed by atoms with Crippen LogP contribution in [0.2, 0.25) is 0 Å². The summed E-state index contributed by atoms with van der Waals surface area (Å²) < 4.78 is 0. The zero-order valence-electron chi connectivity index (χ0n) is 11.1. The Hall–Kier alpha value is -0.910. The van der Waals surface area contributed by atoms with Crippen LogP contribution in [0.4, 0.5) is 4.79 Å². The molecule has 0 radical (unpaired) electrons. The minimum atomic E-state index is -0.905. The van der Waals surface area contributed by atoms with Crippen LogP contribution in [-0.4, -0.2) is 45.7 Å². The Morgan fingerprint density at radius 2 is 1.74 bits per heavy atom. The monoisotopic (exact) mass is 286 g/mol. The molecule has 108 valence electrons. The van der Waals surface area contributed by atoms with Crippen LogP contribution in [0.25, 0.3) is 0 Å². The lowest BCUT2D eigenvalue weighted by Gasteiger charge is -2.26. The summed E-state index contributed by atoms with van der Waals surface area (Å²) in [5.74, 6) is 0.0703. The van der Waals surface area contributed by atoms with E-state index in [9.17, 15) is 9.59 Å². The van der Waals surface area contributed by atoms with Crippen LogP contribution in [0.3, 0.4) is 0 Å². The summed E-state index contributed by atoms with van der Waals surface area (Å²) >= 11 is 1.50. The number of carbonyl (C=O) groups excluding carboxylic acids is 1. The van der Waals surface area contributed by atoms with Gasteiger partial charge < -0.3 is 15.3 Å². The number of amides is 2. The minimum absolute atomic E-state index is 0.206. The molecule has 1 heterocycles. The van der Waals surface area contributed by atoms with E-state index >= 15 is 0 Å². The molecule has 2 rings (SSSR count). The van der Waals surface area contributed by atoms with E-state index in [-0.39, 0.29) is 12.1 Å². The maximum Gasteiger partial charge on any atom is 0.327 e. The van der Waals surface area contributed by atoms with Gasteiger partial charge in [-0.25, -0.2) is 9.59 Å². The first-order valence-electron chi connectivity index (χ1n) is 7.06. The van der Waals surface area contributed by atoms with Crippen molar-refractivity contribution in [3.63, 3.8) is 0 Å². The van der Waals surface area contributed by atoms with Gasteiger partial charge in [0.25, 0.3) is 0 Å². The molecule has 0 aromatic rings. The van der Waals surface area contributed by atoms with Crippen molar-refractivity contribution in [2.45, 2.75) is 57.0 Å². The first kappa shape index (κ1) is 14.5. The third-order valence-electron chi connectivity index (χ3n) is 3.86. The zero-order valence-corrected chi connectivity index (χ0v) is 12.0. The molecule has 1 atom stereocenters. The highest BCUT2D eigenvalue weighted by atomic mass is 32.2. The second kappa shape index (κ2) is 7.03. The maximum absolute atomic E-state index is 12.2. The largest absolute Gasteiger partial charge is 0.480 e. The van der Waals surface area contributed by atoms with Crippen molar-refractivity contribution in [2.24, 2.45) is 0 Å². The number of hydrogen-bond acceptors (Lipinski definition) is 3. The third kappa shape index (κ3) is 4.03. The number of carboxylic acids is 1. The number of urea groups is 1. The Labute approximate surface area is 118 Å². The van der Waals surface area contributed by atoms with Gasteiger partial charge in [0.2, 0.25) is 0 Å². The number of aliphatic carboxylic acids is 1. The van der Waals surface area contributed by atoms with Crippen molar-refractivity contribution in [3.05, 3.63) is 0 Å². The number of carbonyl (C=O) groups is 2. The van der Waals surface area contributed by atoms with Crippen molar-refractivity contribution in [2.75, 3.05) is 11.6 Å². The summed E-state index contributed by atoms with van der Waals surface area (Å²) in [6.45, 7) is 0. The van der Waals surface area contributed by atoms with Gasteiger partial charge in [0.05, 0.1) is 5.88 Å². The van der Waals surface area contributed by atoms with Gasteiger partial charge in [0.1, 0.15) is 6.04 Å². The number of rotatable bonds is 2. The van der Waals surface area contributed by atoms with E-state index in [2.05, 4.69) is 5.32 Å². The minimum Gasteiger partial charge on any atom is -0.480 e. The standard InChI is InChI=1S/C13H22N2O3S/c16-12(17)11-8-19-9-15(11)13(18)14-10-6-4-2-1-3-5-7-10/h10-11H,1-9H2,(H,14,18)(H,16,17)/t11-/m0/s1. The number of hydrogen-bond donors (Lipinski definition) is 2. The van der Waals surface area contributed by atoms with Crippen LogP contribution >= 0.6 is 11.8 Å². The molecular formula is C13H22N2O3S. The second-order valence-corrected chi connectivity index (χ2v) is 6.32. The second-order valence-electron chi connectivity index (χ2n) is 5.32. The molecule has 1 saturated carbocycles. The van der Waals surface area contributed by atoms with Gasteiger partial charge in [-0.1, -0.05) is 32.1 Å². The Balaban J connectivity index is 1.86. The van der Waals surface area contributed by atoms with Crippen LogP contribution in [-0.2, 0) is 4.79 Å². The van der Waals surface area contributed by atoms with Crippen molar-refractivity contribution in [1.82, 2.24) is 10.2 Å². The highest BCUT2D eigenvalue weighted by Crippen LogP contribution is 2.22. The normalized spacial score (nSPS) is 25.7. The molecule has 1 aliphatic heterocycles. The number of carboxylic acid groups (broad SMARTS) is 1. The molecule has 2 N–H and O–H groups in total. The smallest absolute Gasteiger partial charge is 0.327 e. The predicted molar refractivity (Wildman–Crippen MR) is 75.2 cm³/mol. The van der Waals surface area contributed by atoms with E-state index in [1.54, 1.807) is 0 Å². The molecule has 0 spiro atoms. The molecule has 0 unspecified atom stereocenters. The predicted octanol–water partition coefficient (Wildman–Crippen LogP) is 2.27. The lowest BCUT2D eigenvalue weighted by molar-refractivity contribution is -0.140. The molecule has 19 heavy (non-hydrogen) atoms. The molecule has 2 fully saturated rings. The molecule has 6 heteroatoms. The van der Waals surface area contributed by atoms with Crippen molar-refractivity contribution >= 4 is 23.8 Å². The molecule has 5 nitrogen and oxygen atoms in total. The van der Waals surface area contributed by atoms with Crippen LogP contribution in [0.1, 0.15) is 44.9 Å². The fourth-order valence-electron chi connectivity index (χ4n) is 2.71. The molecule has 1 aliphatic carbocycles. The van der Waals surface area contributed by atoms with Crippen molar-refractivity contribution in [1.29, 1.82) is 0 Å². The van der Waals surface area contributed by atoms with E-state index in [4.69, 9.17) is 5.11 Å². The zero-order chi connectivity index (χ0) is 13.7. The molecule has 0 bridgehead atoms. The summed E-state index contributed by atoms with van der Waals surface area (Å²) in [4.78, 5) is 24.7. The number of nitrogens with one attached hydrogen (secondary N) is 1. The third-order valence-corrected chi connectivity index (χ3v) is 4.87. The highest BCUT2D eigenvalue weighted by molar-refractivity contribution is 7.99. The number of thioether (sulfide) groups is 1. The first-order chi connectivity index (χ1) is 9.18. The van der Waals surface area contributed by atoms with E-state index in [0.29, 0.717) is 11.6 Å². The fraction of sp³-hybridized carbons (Fsp3) is 0.846. The quantitative estimate of drug-likeness (QED) is 0.817. The van der Waals surface area contributed by atoms with E-state index in [0.717, 1.165) is 25.7 Å². The molecular weight excluding hydrogens is 264 g/mol. The van der Waals surface area contributed by atoms with Crippen LogP contribution in [0, 0.1) is 0 Å². The van der Waals surface area contributed by atoms with Crippen molar-refractivity contribution < 1.29 is 14.7 Å². The van der Waals surface area contributed by atoms with Gasteiger partial charge in [-0.05, 0) is 12.8 Å². The van der Waals surface area contributed by atoms with Gasteiger partial charge in [0.15, 0.2) is 0 Å². The highest BCUT2D eigenvalue weighted by Gasteiger charge is 2.35. The first-order valence-corrected chi connectivity index (χ1v) is 8.21. The molecule has 1 saturated heterocycles. The fourth-order valence-corrected chi connectivity index (χ4v) is 3.85.